The third-order valence-corrected chi connectivity index (χ3v) is 13.0. The molecule has 284 valence electrons. The van der Waals surface area contributed by atoms with Gasteiger partial charge < -0.3 is 0 Å². The average molecular weight is 794 g/mol. The Balaban J connectivity index is 1.03. The molecule has 0 fully saturated rings. The van der Waals surface area contributed by atoms with Crippen LogP contribution in [-0.2, 0) is 0 Å². The molecule has 0 N–H and O–H groups in total. The Morgan fingerprint density at radius 1 is 0.246 bits per heavy atom. The van der Waals surface area contributed by atoms with E-state index in [9.17, 15) is 0 Å². The van der Waals surface area contributed by atoms with Gasteiger partial charge in [0.15, 0.2) is 17.5 Å². The summed E-state index contributed by atoms with van der Waals surface area (Å²) in [7, 11) is 0. The SMILES string of the molecule is c1ccc(-c2cc(-c3cccc(-c4nc(-c5ccc6sc7ccc(-c8cccc9ccccc89)cc7c6c5)nc(-c5cccc6ccccc56)n4)c3)c3ccccc3c2)cc1. The predicted octanol–water partition coefficient (Wildman–Crippen LogP) is 15.7. The average Bonchev–Trinajstić information content (AvgIpc) is 3.71. The van der Waals surface area contributed by atoms with Crippen LogP contribution in [0.15, 0.2) is 212 Å². The van der Waals surface area contributed by atoms with Crippen LogP contribution in [0, 0.1) is 0 Å². The molecular weight excluding hydrogens is 759 g/mol. The highest BCUT2D eigenvalue weighted by molar-refractivity contribution is 7.25. The maximum Gasteiger partial charge on any atom is 0.164 e. The van der Waals surface area contributed by atoms with Crippen molar-refractivity contribution in [2.75, 3.05) is 0 Å². The van der Waals surface area contributed by atoms with Crippen molar-refractivity contribution < 1.29 is 0 Å². The third kappa shape index (κ3) is 6.24. The lowest BCUT2D eigenvalue weighted by Crippen LogP contribution is -2.00. The molecule has 10 aromatic carbocycles. The number of thiophene rings is 1. The minimum atomic E-state index is 0.631. The normalized spacial score (nSPS) is 11.6. The molecule has 0 unspecified atom stereocenters. The van der Waals surface area contributed by atoms with Gasteiger partial charge in [-0.3, -0.25) is 0 Å². The molecule has 12 aromatic rings. The zero-order valence-electron chi connectivity index (χ0n) is 33.0. The highest BCUT2D eigenvalue weighted by atomic mass is 32.1. The zero-order chi connectivity index (χ0) is 40.3. The lowest BCUT2D eigenvalue weighted by atomic mass is 9.92. The second kappa shape index (κ2) is 14.5. The molecule has 0 aliphatic carbocycles. The largest absolute Gasteiger partial charge is 0.208 e. The first-order valence-corrected chi connectivity index (χ1v) is 21.4. The zero-order valence-corrected chi connectivity index (χ0v) is 33.8. The summed E-state index contributed by atoms with van der Waals surface area (Å²) in [6.45, 7) is 0. The van der Waals surface area contributed by atoms with Gasteiger partial charge in [0.05, 0.1) is 0 Å². The van der Waals surface area contributed by atoms with Gasteiger partial charge in [-0.25, -0.2) is 15.0 Å². The van der Waals surface area contributed by atoms with E-state index in [1.165, 1.54) is 69.5 Å². The van der Waals surface area contributed by atoms with Crippen LogP contribution in [-0.4, -0.2) is 15.0 Å². The van der Waals surface area contributed by atoms with E-state index in [1.807, 2.05) is 11.3 Å². The lowest BCUT2D eigenvalue weighted by Gasteiger charge is -2.13. The number of rotatable bonds is 6. The molecule has 0 radical (unpaired) electrons. The van der Waals surface area contributed by atoms with Crippen molar-refractivity contribution >= 4 is 63.8 Å². The van der Waals surface area contributed by atoms with Gasteiger partial charge in [-0.05, 0) is 114 Å². The molecule has 61 heavy (non-hydrogen) atoms. The Morgan fingerprint density at radius 3 is 1.44 bits per heavy atom. The summed E-state index contributed by atoms with van der Waals surface area (Å²) in [4.78, 5) is 15.8. The summed E-state index contributed by atoms with van der Waals surface area (Å²) in [5.74, 6) is 1.92. The van der Waals surface area contributed by atoms with Crippen LogP contribution in [0.5, 0.6) is 0 Å². The van der Waals surface area contributed by atoms with Gasteiger partial charge in [-0.2, -0.15) is 0 Å². The first-order valence-electron chi connectivity index (χ1n) is 20.6. The van der Waals surface area contributed by atoms with E-state index in [-0.39, 0.29) is 0 Å². The van der Waals surface area contributed by atoms with E-state index >= 15 is 0 Å². The molecule has 4 heteroatoms. The van der Waals surface area contributed by atoms with Gasteiger partial charge in [-0.15, -0.1) is 11.3 Å². The summed E-state index contributed by atoms with van der Waals surface area (Å²) in [5, 5.41) is 9.57. The van der Waals surface area contributed by atoms with Gasteiger partial charge in [0.1, 0.15) is 0 Å². The van der Waals surface area contributed by atoms with E-state index in [0.717, 1.165) is 33.0 Å². The van der Waals surface area contributed by atoms with Crippen molar-refractivity contribution in [1.82, 2.24) is 15.0 Å². The van der Waals surface area contributed by atoms with Crippen molar-refractivity contribution in [2.45, 2.75) is 0 Å². The Morgan fingerprint density at radius 2 is 0.721 bits per heavy atom. The van der Waals surface area contributed by atoms with Gasteiger partial charge in [0, 0.05) is 36.9 Å². The van der Waals surface area contributed by atoms with Crippen LogP contribution in [0.4, 0.5) is 0 Å². The fourth-order valence-corrected chi connectivity index (χ4v) is 9.98. The number of aromatic nitrogens is 3. The third-order valence-electron chi connectivity index (χ3n) is 11.9. The van der Waals surface area contributed by atoms with Crippen LogP contribution >= 0.6 is 11.3 Å². The van der Waals surface area contributed by atoms with Crippen molar-refractivity contribution in [2.24, 2.45) is 0 Å². The van der Waals surface area contributed by atoms with Crippen LogP contribution in [0.2, 0.25) is 0 Å². The summed E-state index contributed by atoms with van der Waals surface area (Å²) in [5.41, 5.74) is 9.94. The molecule has 0 amide bonds. The van der Waals surface area contributed by atoms with Crippen LogP contribution in [0.25, 0.3) is 120 Å². The molecule has 2 heterocycles. The van der Waals surface area contributed by atoms with Crippen LogP contribution < -0.4 is 0 Å². The molecule has 0 bridgehead atoms. The molecule has 0 atom stereocenters. The first-order chi connectivity index (χ1) is 30.2. The van der Waals surface area contributed by atoms with Gasteiger partial charge in [0.2, 0.25) is 0 Å². The number of fused-ring (bicyclic) bond motifs is 6. The molecule has 2 aromatic heterocycles. The van der Waals surface area contributed by atoms with E-state index < -0.39 is 0 Å². The fourth-order valence-electron chi connectivity index (χ4n) is 8.91. The summed E-state index contributed by atoms with van der Waals surface area (Å²) < 4.78 is 2.49. The lowest BCUT2D eigenvalue weighted by molar-refractivity contribution is 1.08. The van der Waals surface area contributed by atoms with E-state index in [0.29, 0.717) is 17.5 Å². The number of hydrogen-bond donors (Lipinski definition) is 0. The predicted molar refractivity (Wildman–Crippen MR) is 258 cm³/mol. The van der Waals surface area contributed by atoms with Crippen molar-refractivity contribution in [3.05, 3.63) is 212 Å². The van der Waals surface area contributed by atoms with E-state index in [2.05, 4.69) is 212 Å². The molecule has 12 rings (SSSR count). The van der Waals surface area contributed by atoms with Gasteiger partial charge in [-0.1, -0.05) is 164 Å². The molecule has 0 aliphatic heterocycles. The minimum absolute atomic E-state index is 0.631. The monoisotopic (exact) mass is 793 g/mol. The van der Waals surface area contributed by atoms with Crippen molar-refractivity contribution in [3.63, 3.8) is 0 Å². The summed E-state index contributed by atoms with van der Waals surface area (Å²) in [6, 6.07) is 75.9. The number of nitrogens with zero attached hydrogens (tertiary/aromatic N) is 3. The van der Waals surface area contributed by atoms with Crippen LogP contribution in [0.3, 0.4) is 0 Å². The first kappa shape index (κ1) is 35.2. The Hall–Kier alpha value is -7.79. The van der Waals surface area contributed by atoms with E-state index in [4.69, 9.17) is 15.0 Å². The van der Waals surface area contributed by atoms with Gasteiger partial charge in [0.25, 0.3) is 0 Å². The highest BCUT2D eigenvalue weighted by Crippen LogP contribution is 2.41. The highest BCUT2D eigenvalue weighted by Gasteiger charge is 2.18. The maximum absolute atomic E-state index is 5.29. The molecule has 3 nitrogen and oxygen atoms in total. The minimum Gasteiger partial charge on any atom is -0.208 e. The second-order valence-electron chi connectivity index (χ2n) is 15.6. The summed E-state index contributed by atoms with van der Waals surface area (Å²) in [6.07, 6.45) is 0. The second-order valence-corrected chi connectivity index (χ2v) is 16.7. The van der Waals surface area contributed by atoms with Crippen molar-refractivity contribution in [1.29, 1.82) is 0 Å². The topological polar surface area (TPSA) is 38.7 Å². The molecule has 0 spiro atoms. The number of hydrogen-bond acceptors (Lipinski definition) is 4. The summed E-state index contributed by atoms with van der Waals surface area (Å²) >= 11 is 1.82. The Kier molecular flexibility index (Phi) is 8.36. The Labute approximate surface area is 356 Å². The molecule has 0 aliphatic rings. The van der Waals surface area contributed by atoms with E-state index in [1.54, 1.807) is 0 Å². The molecule has 0 saturated carbocycles. The standard InChI is InChI=1S/C57H35N3S/c1-2-13-36(14-3-1)44-32-39-17-6-9-24-48(39)50(35-44)40-20-10-21-42(31-40)55-58-56(60-57(59-55)49-26-12-19-38-16-5-8-23-46(38)49)43-28-30-54-52(34-43)51-33-41(27-29-53(51)61-54)47-25-11-18-37-15-4-7-22-45(37)47/h1-35H. The quantitative estimate of drug-likeness (QED) is 0.168. The maximum atomic E-state index is 5.29. The molecule has 0 saturated heterocycles. The van der Waals surface area contributed by atoms with Crippen molar-refractivity contribution in [3.8, 4) is 67.5 Å². The smallest absolute Gasteiger partial charge is 0.164 e. The Bertz CT molecular complexity index is 3650. The van der Waals surface area contributed by atoms with Gasteiger partial charge >= 0.3 is 0 Å². The van der Waals surface area contributed by atoms with Crippen LogP contribution in [0.1, 0.15) is 0 Å². The fraction of sp³-hybridized carbons (Fsp3) is 0. The molecular formula is C57H35N3S. The number of benzene rings is 10.